The molecule has 0 fully saturated rings. The van der Waals surface area contributed by atoms with Gasteiger partial charge >= 0.3 is 0 Å². The van der Waals surface area contributed by atoms with E-state index in [-0.39, 0.29) is 5.91 Å². The molecule has 0 aromatic heterocycles. The zero-order valence-electron chi connectivity index (χ0n) is 8.76. The van der Waals surface area contributed by atoms with Crippen LogP contribution in [0.15, 0.2) is 18.2 Å². The van der Waals surface area contributed by atoms with Gasteiger partial charge in [0.2, 0.25) is 5.91 Å². The first-order chi connectivity index (χ1) is 7.00. The fraction of sp³-hybridized carbons (Fsp3) is 0.364. The lowest BCUT2D eigenvalue weighted by molar-refractivity contribution is -0.127. The van der Waals surface area contributed by atoms with E-state index in [1.54, 1.807) is 7.05 Å². The fourth-order valence-corrected chi connectivity index (χ4v) is 1.15. The molecule has 0 aliphatic carbocycles. The van der Waals surface area contributed by atoms with Crippen molar-refractivity contribution in [2.45, 2.75) is 13.3 Å². The average Bonchev–Trinajstić information content (AvgIpc) is 2.19. The molecule has 0 bridgehead atoms. The third-order valence-electron chi connectivity index (χ3n) is 2.26. The largest absolute Gasteiger partial charge is 0.346 e. The van der Waals surface area contributed by atoms with Crippen LogP contribution < -0.4 is 0 Å². The van der Waals surface area contributed by atoms with Crippen molar-refractivity contribution in [1.29, 1.82) is 0 Å². The molecule has 2 nitrogen and oxygen atoms in total. The summed E-state index contributed by atoms with van der Waals surface area (Å²) in [5.74, 6) is -1.74. The number of rotatable bonds is 3. The highest BCUT2D eigenvalue weighted by Crippen LogP contribution is 2.09. The van der Waals surface area contributed by atoms with Crippen LogP contribution in [0.2, 0.25) is 0 Å². The Bertz CT molecular complexity index is 366. The van der Waals surface area contributed by atoms with Crippen LogP contribution in [0.3, 0.4) is 0 Å². The fourth-order valence-electron chi connectivity index (χ4n) is 1.15. The van der Waals surface area contributed by atoms with E-state index >= 15 is 0 Å². The molecule has 0 atom stereocenters. The van der Waals surface area contributed by atoms with Crippen LogP contribution in [0.25, 0.3) is 0 Å². The van der Waals surface area contributed by atoms with Crippen LogP contribution >= 0.6 is 0 Å². The third-order valence-corrected chi connectivity index (χ3v) is 2.26. The van der Waals surface area contributed by atoms with Crippen LogP contribution in [0, 0.1) is 11.6 Å². The maximum absolute atomic E-state index is 12.8. The lowest BCUT2D eigenvalue weighted by Crippen LogP contribution is -2.26. The molecule has 1 aromatic rings. The number of carbonyl (C=O) groups is 1. The summed E-state index contributed by atoms with van der Waals surface area (Å²) in [5.41, 5.74) is 0.682. The monoisotopic (exact) mass is 213 g/mol. The molecule has 0 unspecified atom stereocenters. The molecule has 1 rings (SSSR count). The van der Waals surface area contributed by atoms with Crippen molar-refractivity contribution in [3.05, 3.63) is 35.4 Å². The summed E-state index contributed by atoms with van der Waals surface area (Å²) in [4.78, 5) is 12.4. The number of benzene rings is 1. The summed E-state index contributed by atoms with van der Waals surface area (Å²) in [7, 11) is 1.67. The van der Waals surface area contributed by atoms with Gasteiger partial charge in [0.15, 0.2) is 11.6 Å². The molecule has 0 saturated carbocycles. The summed E-state index contributed by atoms with van der Waals surface area (Å²) in [6.07, 6.45) is 0.521. The smallest absolute Gasteiger partial charge is 0.219 e. The Morgan fingerprint density at radius 2 is 2.00 bits per heavy atom. The molecule has 0 saturated heterocycles. The first kappa shape index (κ1) is 11.6. The van der Waals surface area contributed by atoms with E-state index in [2.05, 4.69) is 0 Å². The number of carbonyl (C=O) groups excluding carboxylic acids is 1. The zero-order valence-corrected chi connectivity index (χ0v) is 8.76. The first-order valence-corrected chi connectivity index (χ1v) is 4.66. The predicted molar refractivity (Wildman–Crippen MR) is 53.4 cm³/mol. The van der Waals surface area contributed by atoms with Crippen molar-refractivity contribution < 1.29 is 13.6 Å². The van der Waals surface area contributed by atoms with E-state index in [1.807, 2.05) is 0 Å². The summed E-state index contributed by atoms with van der Waals surface area (Å²) in [6.45, 7) is 1.96. The van der Waals surface area contributed by atoms with E-state index in [0.717, 1.165) is 12.1 Å². The molecule has 1 amide bonds. The van der Waals surface area contributed by atoms with Gasteiger partial charge in [-0.25, -0.2) is 8.78 Å². The minimum Gasteiger partial charge on any atom is -0.346 e. The molecule has 4 heteroatoms. The molecule has 0 radical (unpaired) electrons. The van der Waals surface area contributed by atoms with Crippen LogP contribution in [-0.2, 0) is 11.2 Å². The molecule has 0 heterocycles. The predicted octanol–water partition coefficient (Wildman–Crippen LogP) is 1.99. The quantitative estimate of drug-likeness (QED) is 0.751. The highest BCUT2D eigenvalue weighted by molar-refractivity contribution is 5.72. The lowest BCUT2D eigenvalue weighted by atomic mass is 10.1. The Labute approximate surface area is 87.5 Å². The number of amides is 1. The Morgan fingerprint density at radius 3 is 2.53 bits per heavy atom. The van der Waals surface area contributed by atoms with Gasteiger partial charge in [0, 0.05) is 20.5 Å². The zero-order chi connectivity index (χ0) is 11.4. The second-order valence-electron chi connectivity index (χ2n) is 3.44. The van der Waals surface area contributed by atoms with Crippen LogP contribution in [0.4, 0.5) is 8.78 Å². The van der Waals surface area contributed by atoms with Crippen molar-refractivity contribution in [2.75, 3.05) is 13.6 Å². The Morgan fingerprint density at radius 1 is 1.33 bits per heavy atom. The Kier molecular flexibility index (Phi) is 3.77. The van der Waals surface area contributed by atoms with E-state index in [4.69, 9.17) is 0 Å². The summed E-state index contributed by atoms with van der Waals surface area (Å²) < 4.78 is 25.4. The molecule has 1 aromatic carbocycles. The third kappa shape index (κ3) is 3.31. The average molecular weight is 213 g/mol. The van der Waals surface area contributed by atoms with Gasteiger partial charge in [0.05, 0.1) is 0 Å². The van der Waals surface area contributed by atoms with Crippen molar-refractivity contribution in [1.82, 2.24) is 4.90 Å². The van der Waals surface area contributed by atoms with Crippen LogP contribution in [-0.4, -0.2) is 24.4 Å². The summed E-state index contributed by atoms with van der Waals surface area (Å²) in [5, 5.41) is 0. The molecule has 0 N–H and O–H groups in total. The van der Waals surface area contributed by atoms with Gasteiger partial charge in [-0.05, 0) is 24.1 Å². The van der Waals surface area contributed by atoms with E-state index in [9.17, 15) is 13.6 Å². The SMILES string of the molecule is CC(=O)N(C)CCc1ccc(F)c(F)c1. The number of hydrogen-bond donors (Lipinski definition) is 0. The molecule has 0 spiro atoms. The molecular formula is C11H13F2NO. The van der Waals surface area contributed by atoms with Crippen molar-refractivity contribution in [3.8, 4) is 0 Å². The first-order valence-electron chi connectivity index (χ1n) is 4.66. The normalized spacial score (nSPS) is 10.1. The van der Waals surface area contributed by atoms with Crippen molar-refractivity contribution >= 4 is 5.91 Å². The Balaban J connectivity index is 2.58. The standard InChI is InChI=1S/C11H13F2NO/c1-8(15)14(2)6-5-9-3-4-10(12)11(13)7-9/h3-4,7H,5-6H2,1-2H3. The summed E-state index contributed by atoms with van der Waals surface area (Å²) in [6, 6.07) is 3.77. The van der Waals surface area contributed by atoms with Gasteiger partial charge in [-0.15, -0.1) is 0 Å². The minimum atomic E-state index is -0.849. The number of halogens is 2. The molecule has 0 aliphatic rings. The topological polar surface area (TPSA) is 20.3 Å². The maximum atomic E-state index is 12.8. The highest BCUT2D eigenvalue weighted by Gasteiger charge is 2.05. The number of nitrogens with zero attached hydrogens (tertiary/aromatic N) is 1. The van der Waals surface area contributed by atoms with Crippen molar-refractivity contribution in [3.63, 3.8) is 0 Å². The van der Waals surface area contributed by atoms with E-state index in [0.29, 0.717) is 18.5 Å². The van der Waals surface area contributed by atoms with E-state index in [1.165, 1.54) is 17.9 Å². The second-order valence-corrected chi connectivity index (χ2v) is 3.44. The van der Waals surface area contributed by atoms with Gasteiger partial charge in [0.1, 0.15) is 0 Å². The van der Waals surface area contributed by atoms with Gasteiger partial charge < -0.3 is 4.90 Å². The molecular weight excluding hydrogens is 200 g/mol. The van der Waals surface area contributed by atoms with E-state index < -0.39 is 11.6 Å². The van der Waals surface area contributed by atoms with Gasteiger partial charge in [-0.1, -0.05) is 6.07 Å². The van der Waals surface area contributed by atoms with Crippen LogP contribution in [0.5, 0.6) is 0 Å². The number of likely N-dealkylation sites (N-methyl/N-ethyl adjacent to an activating group) is 1. The maximum Gasteiger partial charge on any atom is 0.219 e. The highest BCUT2D eigenvalue weighted by atomic mass is 19.2. The summed E-state index contributed by atoms with van der Waals surface area (Å²) >= 11 is 0. The molecule has 82 valence electrons. The lowest BCUT2D eigenvalue weighted by Gasteiger charge is -2.14. The minimum absolute atomic E-state index is 0.0439. The van der Waals surface area contributed by atoms with Gasteiger partial charge in [0.25, 0.3) is 0 Å². The molecule has 0 aliphatic heterocycles. The second kappa shape index (κ2) is 4.87. The number of hydrogen-bond acceptors (Lipinski definition) is 1. The Hall–Kier alpha value is -1.45. The van der Waals surface area contributed by atoms with Crippen LogP contribution in [0.1, 0.15) is 12.5 Å². The van der Waals surface area contributed by atoms with Gasteiger partial charge in [-0.2, -0.15) is 0 Å². The molecule has 15 heavy (non-hydrogen) atoms. The van der Waals surface area contributed by atoms with Gasteiger partial charge in [-0.3, -0.25) is 4.79 Å². The van der Waals surface area contributed by atoms with Crippen molar-refractivity contribution in [2.24, 2.45) is 0 Å².